The van der Waals surface area contributed by atoms with Crippen molar-refractivity contribution in [1.82, 2.24) is 9.80 Å². The maximum absolute atomic E-state index is 13.6. The van der Waals surface area contributed by atoms with Gasteiger partial charge in [-0.05, 0) is 36.8 Å². The lowest BCUT2D eigenvalue weighted by Crippen LogP contribution is -2.51. The maximum Gasteiger partial charge on any atom is 0.328 e. The predicted molar refractivity (Wildman–Crippen MR) is 117 cm³/mol. The van der Waals surface area contributed by atoms with Crippen molar-refractivity contribution < 1.29 is 23.8 Å². The van der Waals surface area contributed by atoms with E-state index in [2.05, 4.69) is 9.80 Å². The molecule has 0 bridgehead atoms. The second kappa shape index (κ2) is 11.4. The number of nitrogens with zero attached hydrogens (tertiary/aromatic N) is 2. The van der Waals surface area contributed by atoms with Gasteiger partial charge in [-0.1, -0.05) is 35.9 Å². The van der Waals surface area contributed by atoms with Crippen molar-refractivity contribution in [2.75, 3.05) is 45.9 Å². The molecule has 1 heterocycles. The number of aliphatic hydroxyl groups is 1. The van der Waals surface area contributed by atoms with E-state index >= 15 is 0 Å². The third kappa shape index (κ3) is 6.64. The third-order valence-corrected chi connectivity index (χ3v) is 5.46. The van der Waals surface area contributed by atoms with Gasteiger partial charge < -0.3 is 14.6 Å². The van der Waals surface area contributed by atoms with Crippen LogP contribution in [-0.2, 0) is 9.53 Å². The highest BCUT2D eigenvalue weighted by molar-refractivity contribution is 6.30. The molecule has 3 rings (SSSR count). The lowest BCUT2D eigenvalue weighted by atomic mass is 10.0. The van der Waals surface area contributed by atoms with E-state index in [9.17, 15) is 14.3 Å². The van der Waals surface area contributed by atoms with Crippen molar-refractivity contribution in [2.24, 2.45) is 0 Å². The second-order valence-corrected chi connectivity index (χ2v) is 7.87. The van der Waals surface area contributed by atoms with E-state index in [0.29, 0.717) is 44.4 Å². The zero-order valence-corrected chi connectivity index (χ0v) is 18.3. The molecule has 8 heteroatoms. The SMILES string of the molecule is CCOC(=O)[C@@H](c1ccc(Cl)cc1)N1CCN(C[C@H](O)COc2ccccc2F)CC1. The molecule has 0 radical (unpaired) electrons. The van der Waals surface area contributed by atoms with Crippen LogP contribution in [0.5, 0.6) is 5.75 Å². The molecule has 1 fully saturated rings. The molecule has 0 aromatic heterocycles. The fourth-order valence-electron chi connectivity index (χ4n) is 3.66. The zero-order valence-electron chi connectivity index (χ0n) is 17.5. The molecule has 0 unspecified atom stereocenters. The Kier molecular flexibility index (Phi) is 8.66. The number of rotatable bonds is 9. The highest BCUT2D eigenvalue weighted by Gasteiger charge is 2.32. The van der Waals surface area contributed by atoms with Crippen LogP contribution < -0.4 is 4.74 Å². The lowest BCUT2D eigenvalue weighted by molar-refractivity contribution is -0.150. The number of halogens is 2. The minimum Gasteiger partial charge on any atom is -0.488 e. The normalized spacial score (nSPS) is 17.2. The summed E-state index contributed by atoms with van der Waals surface area (Å²) >= 11 is 5.99. The highest BCUT2D eigenvalue weighted by atomic mass is 35.5. The van der Waals surface area contributed by atoms with E-state index < -0.39 is 18.0 Å². The van der Waals surface area contributed by atoms with Crippen LogP contribution in [0.1, 0.15) is 18.5 Å². The monoisotopic (exact) mass is 450 g/mol. The minimum atomic E-state index is -0.747. The van der Waals surface area contributed by atoms with E-state index in [1.807, 2.05) is 12.1 Å². The van der Waals surface area contributed by atoms with Crippen molar-refractivity contribution in [1.29, 1.82) is 0 Å². The fourth-order valence-corrected chi connectivity index (χ4v) is 3.79. The van der Waals surface area contributed by atoms with Crippen LogP contribution in [0.25, 0.3) is 0 Å². The van der Waals surface area contributed by atoms with Gasteiger partial charge in [0.15, 0.2) is 11.6 Å². The molecule has 2 atom stereocenters. The van der Waals surface area contributed by atoms with Gasteiger partial charge in [0.1, 0.15) is 18.8 Å². The van der Waals surface area contributed by atoms with Gasteiger partial charge in [-0.2, -0.15) is 0 Å². The van der Waals surface area contributed by atoms with E-state index in [4.69, 9.17) is 21.1 Å². The average molecular weight is 451 g/mol. The predicted octanol–water partition coefficient (Wildman–Crippen LogP) is 3.14. The van der Waals surface area contributed by atoms with Gasteiger partial charge in [-0.3, -0.25) is 9.80 Å². The Balaban J connectivity index is 1.53. The van der Waals surface area contributed by atoms with Crippen LogP contribution in [0.4, 0.5) is 4.39 Å². The maximum atomic E-state index is 13.6. The number of esters is 1. The van der Waals surface area contributed by atoms with Gasteiger partial charge in [0.2, 0.25) is 0 Å². The number of piperazine rings is 1. The summed E-state index contributed by atoms with van der Waals surface area (Å²) in [6, 6.07) is 12.9. The molecule has 31 heavy (non-hydrogen) atoms. The van der Waals surface area contributed by atoms with Gasteiger partial charge in [0.05, 0.1) is 6.61 Å². The summed E-state index contributed by atoms with van der Waals surface area (Å²) < 4.78 is 24.3. The van der Waals surface area contributed by atoms with E-state index in [1.54, 1.807) is 31.2 Å². The first-order valence-electron chi connectivity index (χ1n) is 10.4. The summed E-state index contributed by atoms with van der Waals surface area (Å²) in [6.07, 6.45) is -0.747. The van der Waals surface area contributed by atoms with Crippen LogP contribution in [-0.4, -0.2) is 72.9 Å². The van der Waals surface area contributed by atoms with Gasteiger partial charge >= 0.3 is 5.97 Å². The van der Waals surface area contributed by atoms with Crippen molar-refractivity contribution >= 4 is 17.6 Å². The van der Waals surface area contributed by atoms with Gasteiger partial charge in [0.25, 0.3) is 0 Å². The van der Waals surface area contributed by atoms with Crippen LogP contribution in [0.15, 0.2) is 48.5 Å². The number of carbonyl (C=O) groups is 1. The van der Waals surface area contributed by atoms with Crippen molar-refractivity contribution in [3.63, 3.8) is 0 Å². The summed E-state index contributed by atoms with van der Waals surface area (Å²) in [5.74, 6) is -0.598. The third-order valence-electron chi connectivity index (χ3n) is 5.20. The number of benzene rings is 2. The Morgan fingerprint density at radius 3 is 2.45 bits per heavy atom. The first-order valence-corrected chi connectivity index (χ1v) is 10.8. The molecule has 168 valence electrons. The number of carbonyl (C=O) groups excluding carboxylic acids is 1. The Labute approximate surface area is 187 Å². The van der Waals surface area contributed by atoms with E-state index in [1.165, 1.54) is 12.1 Å². The van der Waals surface area contributed by atoms with Crippen molar-refractivity contribution in [3.05, 3.63) is 64.9 Å². The largest absolute Gasteiger partial charge is 0.488 e. The molecular weight excluding hydrogens is 423 g/mol. The Hall–Kier alpha value is -2.19. The zero-order chi connectivity index (χ0) is 22.2. The molecule has 2 aromatic rings. The molecule has 0 amide bonds. The molecule has 6 nitrogen and oxygen atoms in total. The number of hydrogen-bond acceptors (Lipinski definition) is 6. The van der Waals surface area contributed by atoms with Gasteiger partial charge in [-0.15, -0.1) is 0 Å². The Morgan fingerprint density at radius 2 is 1.81 bits per heavy atom. The first-order chi connectivity index (χ1) is 15.0. The number of para-hydroxylation sites is 1. The molecule has 1 N–H and O–H groups in total. The van der Waals surface area contributed by atoms with Crippen LogP contribution >= 0.6 is 11.6 Å². The lowest BCUT2D eigenvalue weighted by Gasteiger charge is -2.39. The summed E-state index contributed by atoms with van der Waals surface area (Å²) in [4.78, 5) is 16.8. The number of β-amino-alcohol motifs (C(OH)–C–C–N with tert-alkyl or cyclic N) is 1. The van der Waals surface area contributed by atoms with Crippen LogP contribution in [0.2, 0.25) is 5.02 Å². The van der Waals surface area contributed by atoms with E-state index in [0.717, 1.165) is 5.56 Å². The van der Waals surface area contributed by atoms with Gasteiger partial charge in [-0.25, -0.2) is 9.18 Å². The fraction of sp³-hybridized carbons (Fsp3) is 0.435. The first kappa shape index (κ1) is 23.5. The number of hydrogen-bond donors (Lipinski definition) is 1. The smallest absolute Gasteiger partial charge is 0.328 e. The Morgan fingerprint density at radius 1 is 1.13 bits per heavy atom. The van der Waals surface area contributed by atoms with Crippen LogP contribution in [0, 0.1) is 5.82 Å². The summed E-state index contributed by atoms with van der Waals surface area (Å²) in [5.41, 5.74) is 0.842. The topological polar surface area (TPSA) is 62.2 Å². The molecule has 0 aliphatic carbocycles. The highest BCUT2D eigenvalue weighted by Crippen LogP contribution is 2.25. The molecule has 0 saturated carbocycles. The van der Waals surface area contributed by atoms with E-state index in [-0.39, 0.29) is 18.3 Å². The van der Waals surface area contributed by atoms with Gasteiger partial charge in [0, 0.05) is 37.7 Å². The standard InChI is InChI=1S/C23H28ClFN2O4/c1-2-30-23(29)22(17-7-9-18(24)10-8-17)27-13-11-26(12-14-27)15-19(28)16-31-21-6-4-3-5-20(21)25/h3-10,19,22,28H,2,11-16H2,1H3/t19-,22+/m0/s1. The summed E-state index contributed by atoms with van der Waals surface area (Å²) in [6.45, 7) is 5.18. The van der Waals surface area contributed by atoms with Crippen LogP contribution in [0.3, 0.4) is 0 Å². The summed E-state index contributed by atoms with van der Waals surface area (Å²) in [7, 11) is 0. The summed E-state index contributed by atoms with van der Waals surface area (Å²) in [5, 5.41) is 10.9. The van der Waals surface area contributed by atoms with Crippen molar-refractivity contribution in [3.8, 4) is 5.75 Å². The molecular formula is C23H28ClFN2O4. The molecule has 1 aliphatic heterocycles. The number of ether oxygens (including phenoxy) is 2. The number of aliphatic hydroxyl groups excluding tert-OH is 1. The molecule has 2 aromatic carbocycles. The molecule has 1 aliphatic rings. The Bertz CT molecular complexity index is 844. The molecule has 0 spiro atoms. The van der Waals surface area contributed by atoms with Crippen molar-refractivity contribution in [2.45, 2.75) is 19.1 Å². The second-order valence-electron chi connectivity index (χ2n) is 7.44. The quantitative estimate of drug-likeness (QED) is 0.592. The minimum absolute atomic E-state index is 0.0113. The average Bonchev–Trinajstić information content (AvgIpc) is 2.76. The molecule has 1 saturated heterocycles.